The summed E-state index contributed by atoms with van der Waals surface area (Å²) in [4.78, 5) is 18.8. The van der Waals surface area contributed by atoms with Gasteiger partial charge in [-0.2, -0.15) is 0 Å². The molecule has 0 bridgehead atoms. The molecule has 3 unspecified atom stereocenters. The van der Waals surface area contributed by atoms with E-state index in [-0.39, 0.29) is 23.4 Å². The van der Waals surface area contributed by atoms with Crippen LogP contribution in [0, 0.1) is 5.92 Å². The number of hydrogen-bond donors (Lipinski definition) is 1. The fourth-order valence-electron chi connectivity index (χ4n) is 4.04. The van der Waals surface area contributed by atoms with Crippen LogP contribution in [0.4, 0.5) is 0 Å². The van der Waals surface area contributed by atoms with Crippen molar-refractivity contribution in [2.75, 3.05) is 6.54 Å². The van der Waals surface area contributed by atoms with E-state index < -0.39 is 5.60 Å². The molecule has 3 rings (SSSR count). The van der Waals surface area contributed by atoms with Crippen LogP contribution in [-0.4, -0.2) is 23.7 Å². The van der Waals surface area contributed by atoms with Gasteiger partial charge in [0, 0.05) is 12.5 Å². The summed E-state index contributed by atoms with van der Waals surface area (Å²) in [5.41, 5.74) is 3.46. The highest BCUT2D eigenvalue weighted by Crippen LogP contribution is 2.50. The summed E-state index contributed by atoms with van der Waals surface area (Å²) in [5, 5.41) is 0. The van der Waals surface area contributed by atoms with Gasteiger partial charge in [0.2, 0.25) is 0 Å². The molecule has 3 atom stereocenters. The highest BCUT2D eigenvalue weighted by atomic mass is 16.7. The molecule has 1 heterocycles. The summed E-state index contributed by atoms with van der Waals surface area (Å²) in [6.45, 7) is 6.61. The first-order chi connectivity index (χ1) is 10.9. The molecule has 1 aromatic rings. The first kappa shape index (κ1) is 16.5. The molecule has 1 spiro atoms. The molecule has 2 fully saturated rings. The van der Waals surface area contributed by atoms with E-state index >= 15 is 0 Å². The van der Waals surface area contributed by atoms with Crippen LogP contribution in [0.1, 0.15) is 57.9 Å². The molecule has 4 heteroatoms. The SMILES string of the molecule is CC(C)(C)OC(=O)C1CCCC2(CCNO2)C1c1ccccc1. The lowest BCUT2D eigenvalue weighted by molar-refractivity contribution is -0.170. The van der Waals surface area contributed by atoms with Crippen molar-refractivity contribution in [2.45, 2.75) is 63.6 Å². The molecule has 1 aliphatic carbocycles. The summed E-state index contributed by atoms with van der Waals surface area (Å²) >= 11 is 0. The summed E-state index contributed by atoms with van der Waals surface area (Å²) in [6, 6.07) is 10.3. The molecule has 1 N–H and O–H groups in total. The number of nitrogens with one attached hydrogen (secondary N) is 1. The van der Waals surface area contributed by atoms with Crippen LogP contribution >= 0.6 is 0 Å². The van der Waals surface area contributed by atoms with Gasteiger partial charge < -0.3 is 4.74 Å². The van der Waals surface area contributed by atoms with E-state index in [0.717, 1.165) is 32.2 Å². The number of ether oxygens (including phenoxy) is 1. The normalized spacial score (nSPS) is 31.3. The third-order valence-electron chi connectivity index (χ3n) is 4.88. The molecule has 1 aliphatic heterocycles. The minimum absolute atomic E-state index is 0.0438. The third-order valence-corrected chi connectivity index (χ3v) is 4.88. The Bertz CT molecular complexity index is 543. The number of hydroxylamine groups is 1. The Kier molecular flexibility index (Phi) is 4.47. The second-order valence-corrected chi connectivity index (χ2v) is 7.73. The van der Waals surface area contributed by atoms with Crippen LogP contribution in [0.5, 0.6) is 0 Å². The Morgan fingerprint density at radius 3 is 2.61 bits per heavy atom. The molecule has 126 valence electrons. The number of carbonyl (C=O) groups excluding carboxylic acids is 1. The zero-order valence-corrected chi connectivity index (χ0v) is 14.3. The first-order valence-corrected chi connectivity index (χ1v) is 8.60. The Morgan fingerprint density at radius 1 is 1.26 bits per heavy atom. The van der Waals surface area contributed by atoms with E-state index in [2.05, 4.69) is 17.6 Å². The van der Waals surface area contributed by atoms with Crippen LogP contribution in [0.3, 0.4) is 0 Å². The molecule has 1 aromatic carbocycles. The predicted octanol–water partition coefficient (Wildman–Crippen LogP) is 3.58. The van der Waals surface area contributed by atoms with Crippen LogP contribution in [0.25, 0.3) is 0 Å². The van der Waals surface area contributed by atoms with Gasteiger partial charge in [-0.15, -0.1) is 0 Å². The summed E-state index contributed by atoms with van der Waals surface area (Å²) in [5.74, 6) is -0.200. The van der Waals surface area contributed by atoms with Gasteiger partial charge in [0.05, 0.1) is 11.5 Å². The van der Waals surface area contributed by atoms with Crippen molar-refractivity contribution in [3.05, 3.63) is 35.9 Å². The van der Waals surface area contributed by atoms with Crippen molar-refractivity contribution in [3.63, 3.8) is 0 Å². The minimum atomic E-state index is -0.461. The minimum Gasteiger partial charge on any atom is -0.460 e. The Balaban J connectivity index is 1.95. The fraction of sp³-hybridized carbons (Fsp3) is 0.632. The lowest BCUT2D eigenvalue weighted by Gasteiger charge is -2.44. The zero-order valence-electron chi connectivity index (χ0n) is 14.3. The van der Waals surface area contributed by atoms with Gasteiger partial charge >= 0.3 is 5.97 Å². The van der Waals surface area contributed by atoms with Gasteiger partial charge in [-0.25, -0.2) is 5.48 Å². The van der Waals surface area contributed by atoms with Gasteiger partial charge in [-0.3, -0.25) is 9.63 Å². The maximum atomic E-state index is 12.8. The standard InChI is InChI=1S/C19H27NO3/c1-18(2,3)22-17(21)15-10-7-11-19(12-13-20-23-19)16(15)14-8-5-4-6-9-14/h4-6,8-9,15-16,20H,7,10-13H2,1-3H3. The van der Waals surface area contributed by atoms with E-state index in [4.69, 9.17) is 9.57 Å². The van der Waals surface area contributed by atoms with E-state index in [1.807, 2.05) is 39.0 Å². The number of carbonyl (C=O) groups is 1. The molecule has 0 radical (unpaired) electrons. The monoisotopic (exact) mass is 317 g/mol. The van der Waals surface area contributed by atoms with E-state index in [0.29, 0.717) is 0 Å². The van der Waals surface area contributed by atoms with Crippen molar-refractivity contribution in [1.82, 2.24) is 5.48 Å². The molecule has 2 aliphatic rings. The van der Waals surface area contributed by atoms with Crippen LogP contribution in [0.15, 0.2) is 30.3 Å². The Hall–Kier alpha value is -1.39. The van der Waals surface area contributed by atoms with E-state index in [1.54, 1.807) is 0 Å². The van der Waals surface area contributed by atoms with Gasteiger partial charge in [-0.05, 0) is 52.0 Å². The van der Waals surface area contributed by atoms with Crippen LogP contribution in [-0.2, 0) is 14.4 Å². The average molecular weight is 317 g/mol. The van der Waals surface area contributed by atoms with Crippen molar-refractivity contribution in [1.29, 1.82) is 0 Å². The van der Waals surface area contributed by atoms with Crippen molar-refractivity contribution in [2.24, 2.45) is 5.92 Å². The van der Waals surface area contributed by atoms with Gasteiger partial charge in [0.15, 0.2) is 0 Å². The van der Waals surface area contributed by atoms with E-state index in [1.165, 1.54) is 5.56 Å². The first-order valence-electron chi connectivity index (χ1n) is 8.60. The second kappa shape index (κ2) is 6.25. The largest absolute Gasteiger partial charge is 0.460 e. The highest BCUT2D eigenvalue weighted by Gasteiger charge is 2.52. The van der Waals surface area contributed by atoms with Crippen LogP contribution in [0.2, 0.25) is 0 Å². The average Bonchev–Trinajstić information content (AvgIpc) is 2.95. The van der Waals surface area contributed by atoms with Gasteiger partial charge in [-0.1, -0.05) is 30.3 Å². The summed E-state index contributed by atoms with van der Waals surface area (Å²) < 4.78 is 5.72. The van der Waals surface area contributed by atoms with Crippen LogP contribution < -0.4 is 5.48 Å². The number of hydrogen-bond acceptors (Lipinski definition) is 4. The maximum Gasteiger partial charge on any atom is 0.310 e. The summed E-state index contributed by atoms with van der Waals surface area (Å²) in [7, 11) is 0. The van der Waals surface area contributed by atoms with Gasteiger partial charge in [0.25, 0.3) is 0 Å². The second-order valence-electron chi connectivity index (χ2n) is 7.73. The topological polar surface area (TPSA) is 47.6 Å². The molecule has 1 saturated heterocycles. The number of rotatable bonds is 2. The maximum absolute atomic E-state index is 12.8. The molecule has 1 saturated carbocycles. The quantitative estimate of drug-likeness (QED) is 0.847. The third kappa shape index (κ3) is 3.43. The van der Waals surface area contributed by atoms with E-state index in [9.17, 15) is 4.79 Å². The van der Waals surface area contributed by atoms with Crippen molar-refractivity contribution in [3.8, 4) is 0 Å². The molecular weight excluding hydrogens is 290 g/mol. The molecule has 23 heavy (non-hydrogen) atoms. The lowest BCUT2D eigenvalue weighted by atomic mass is 9.65. The lowest BCUT2D eigenvalue weighted by Crippen LogP contribution is -2.47. The Morgan fingerprint density at radius 2 is 2.00 bits per heavy atom. The van der Waals surface area contributed by atoms with Gasteiger partial charge in [0.1, 0.15) is 5.60 Å². The molecule has 0 aromatic heterocycles. The summed E-state index contributed by atoms with van der Waals surface area (Å²) in [6.07, 6.45) is 3.78. The molecule has 4 nitrogen and oxygen atoms in total. The predicted molar refractivity (Wildman–Crippen MR) is 88.8 cm³/mol. The highest BCUT2D eigenvalue weighted by molar-refractivity contribution is 5.74. The number of esters is 1. The molecular formula is C19H27NO3. The molecule has 0 amide bonds. The zero-order chi connectivity index (χ0) is 16.5. The Labute approximate surface area is 138 Å². The number of benzene rings is 1. The van der Waals surface area contributed by atoms with Crippen molar-refractivity contribution >= 4 is 5.97 Å². The fourth-order valence-corrected chi connectivity index (χ4v) is 4.04. The smallest absolute Gasteiger partial charge is 0.310 e. The van der Waals surface area contributed by atoms with Crippen molar-refractivity contribution < 1.29 is 14.4 Å².